The number of aryl methyl sites for hydroxylation is 2. The second-order valence-electron chi connectivity index (χ2n) is 5.48. The molecule has 0 amide bonds. The van der Waals surface area contributed by atoms with Crippen molar-refractivity contribution in [1.82, 2.24) is 9.78 Å². The zero-order chi connectivity index (χ0) is 12.5. The fraction of sp³-hybridized carbons (Fsp3) is 0.667. The van der Waals surface area contributed by atoms with E-state index in [1.807, 2.05) is 21.0 Å². The molecule has 1 aromatic heterocycles. The smallest absolute Gasteiger partial charge is 0.155 e. The van der Waals surface area contributed by atoms with Crippen LogP contribution in [0.25, 0.3) is 0 Å². The standard InChI is InChI=1S/C12H21N3O/c1-9-10(7-16)11(15(6)13-9)14(5)8-12(2,3)4/h7H,8H2,1-6H3. The van der Waals surface area contributed by atoms with Crippen LogP contribution in [0.3, 0.4) is 0 Å². The van der Waals surface area contributed by atoms with Crippen molar-refractivity contribution < 1.29 is 4.79 Å². The van der Waals surface area contributed by atoms with E-state index in [0.29, 0.717) is 5.56 Å². The van der Waals surface area contributed by atoms with Gasteiger partial charge in [-0.15, -0.1) is 0 Å². The summed E-state index contributed by atoms with van der Waals surface area (Å²) in [5.74, 6) is 0.891. The number of carbonyl (C=O) groups excluding carboxylic acids is 1. The van der Waals surface area contributed by atoms with E-state index in [-0.39, 0.29) is 5.41 Å². The maximum Gasteiger partial charge on any atom is 0.155 e. The highest BCUT2D eigenvalue weighted by atomic mass is 16.1. The van der Waals surface area contributed by atoms with E-state index in [4.69, 9.17) is 0 Å². The van der Waals surface area contributed by atoms with E-state index in [1.165, 1.54) is 0 Å². The van der Waals surface area contributed by atoms with E-state index in [2.05, 4.69) is 30.8 Å². The number of anilines is 1. The number of aromatic nitrogens is 2. The molecule has 90 valence electrons. The summed E-state index contributed by atoms with van der Waals surface area (Å²) in [6, 6.07) is 0. The molecule has 0 aliphatic carbocycles. The lowest BCUT2D eigenvalue weighted by Gasteiger charge is -2.28. The molecule has 1 rings (SSSR count). The number of hydrogen-bond acceptors (Lipinski definition) is 3. The molecule has 4 nitrogen and oxygen atoms in total. The average Bonchev–Trinajstić information content (AvgIpc) is 2.37. The Balaban J connectivity index is 3.07. The van der Waals surface area contributed by atoms with Crippen LogP contribution in [0.4, 0.5) is 5.82 Å². The Morgan fingerprint density at radius 3 is 2.44 bits per heavy atom. The number of rotatable bonds is 3. The van der Waals surface area contributed by atoms with Crippen molar-refractivity contribution in [1.29, 1.82) is 0 Å². The first-order valence-electron chi connectivity index (χ1n) is 5.46. The molecular weight excluding hydrogens is 202 g/mol. The summed E-state index contributed by atoms with van der Waals surface area (Å²) >= 11 is 0. The van der Waals surface area contributed by atoms with Gasteiger partial charge < -0.3 is 4.90 Å². The molecule has 16 heavy (non-hydrogen) atoms. The van der Waals surface area contributed by atoms with E-state index < -0.39 is 0 Å². The van der Waals surface area contributed by atoms with Crippen LogP contribution in [-0.4, -0.2) is 29.7 Å². The molecule has 1 aromatic rings. The van der Waals surface area contributed by atoms with Gasteiger partial charge in [0.15, 0.2) is 6.29 Å². The number of hydrogen-bond donors (Lipinski definition) is 0. The minimum atomic E-state index is 0.188. The van der Waals surface area contributed by atoms with Gasteiger partial charge in [0.25, 0.3) is 0 Å². The molecule has 0 spiro atoms. The molecule has 0 radical (unpaired) electrons. The fourth-order valence-corrected chi connectivity index (χ4v) is 2.04. The molecule has 0 aliphatic heterocycles. The van der Waals surface area contributed by atoms with Crippen LogP contribution in [0.1, 0.15) is 36.8 Å². The fourth-order valence-electron chi connectivity index (χ4n) is 2.04. The zero-order valence-electron chi connectivity index (χ0n) is 11.0. The maximum absolute atomic E-state index is 11.1. The van der Waals surface area contributed by atoms with Crippen molar-refractivity contribution >= 4 is 12.1 Å². The lowest BCUT2D eigenvalue weighted by Crippen LogP contribution is -2.31. The van der Waals surface area contributed by atoms with E-state index in [9.17, 15) is 4.79 Å². The van der Waals surface area contributed by atoms with Crippen LogP contribution >= 0.6 is 0 Å². The van der Waals surface area contributed by atoms with Crippen molar-refractivity contribution in [2.24, 2.45) is 12.5 Å². The summed E-state index contributed by atoms with van der Waals surface area (Å²) in [6.07, 6.45) is 0.886. The van der Waals surface area contributed by atoms with E-state index in [0.717, 1.165) is 24.3 Å². The van der Waals surface area contributed by atoms with Gasteiger partial charge in [0.1, 0.15) is 5.82 Å². The predicted molar refractivity (Wildman–Crippen MR) is 66.1 cm³/mol. The molecule has 4 heteroatoms. The molecule has 0 unspecified atom stereocenters. The number of nitrogens with zero attached hydrogens (tertiary/aromatic N) is 3. The SMILES string of the molecule is Cc1nn(C)c(N(C)CC(C)(C)C)c1C=O. The minimum absolute atomic E-state index is 0.188. The topological polar surface area (TPSA) is 38.1 Å². The molecule has 0 fully saturated rings. The van der Waals surface area contributed by atoms with Crippen LogP contribution in [0.5, 0.6) is 0 Å². The third kappa shape index (κ3) is 2.62. The molecule has 0 aromatic carbocycles. The van der Waals surface area contributed by atoms with Crippen LogP contribution in [0, 0.1) is 12.3 Å². The first kappa shape index (κ1) is 12.7. The van der Waals surface area contributed by atoms with Crippen LogP contribution < -0.4 is 4.90 Å². The third-order valence-electron chi connectivity index (χ3n) is 2.43. The Bertz CT molecular complexity index is 388. The molecule has 0 saturated heterocycles. The van der Waals surface area contributed by atoms with Gasteiger partial charge in [-0.05, 0) is 12.3 Å². The Morgan fingerprint density at radius 1 is 1.44 bits per heavy atom. The maximum atomic E-state index is 11.1. The Labute approximate surface area is 97.2 Å². The van der Waals surface area contributed by atoms with Crippen LogP contribution in [0.2, 0.25) is 0 Å². The number of aldehydes is 1. The van der Waals surface area contributed by atoms with Gasteiger partial charge in [-0.1, -0.05) is 20.8 Å². The van der Waals surface area contributed by atoms with Crippen LogP contribution in [0.15, 0.2) is 0 Å². The van der Waals surface area contributed by atoms with Gasteiger partial charge in [0.2, 0.25) is 0 Å². The Morgan fingerprint density at radius 2 is 2.00 bits per heavy atom. The van der Waals surface area contributed by atoms with Crippen molar-refractivity contribution in [2.45, 2.75) is 27.7 Å². The quantitative estimate of drug-likeness (QED) is 0.736. The first-order chi connectivity index (χ1) is 7.26. The van der Waals surface area contributed by atoms with Gasteiger partial charge in [-0.25, -0.2) is 0 Å². The largest absolute Gasteiger partial charge is 0.359 e. The van der Waals surface area contributed by atoms with Crippen molar-refractivity contribution in [2.75, 3.05) is 18.5 Å². The molecule has 0 atom stereocenters. The summed E-state index contributed by atoms with van der Waals surface area (Å²) in [4.78, 5) is 13.1. The first-order valence-corrected chi connectivity index (χ1v) is 5.46. The second-order valence-corrected chi connectivity index (χ2v) is 5.48. The summed E-state index contributed by atoms with van der Waals surface area (Å²) < 4.78 is 1.77. The predicted octanol–water partition coefficient (Wildman–Crippen LogP) is 2.02. The summed E-state index contributed by atoms with van der Waals surface area (Å²) in [5.41, 5.74) is 1.66. The highest BCUT2D eigenvalue weighted by Crippen LogP contribution is 2.24. The lowest BCUT2D eigenvalue weighted by atomic mass is 9.96. The van der Waals surface area contributed by atoms with Gasteiger partial charge in [-0.2, -0.15) is 5.10 Å². The van der Waals surface area contributed by atoms with Crippen molar-refractivity contribution in [3.8, 4) is 0 Å². The zero-order valence-corrected chi connectivity index (χ0v) is 11.0. The van der Waals surface area contributed by atoms with Crippen molar-refractivity contribution in [3.63, 3.8) is 0 Å². The summed E-state index contributed by atoms with van der Waals surface area (Å²) in [5, 5.41) is 4.28. The number of carbonyl (C=O) groups is 1. The average molecular weight is 223 g/mol. The molecule has 0 saturated carbocycles. The molecule has 0 aliphatic rings. The summed E-state index contributed by atoms with van der Waals surface area (Å²) in [7, 11) is 3.86. The molecular formula is C12H21N3O. The van der Waals surface area contributed by atoms with Gasteiger partial charge in [0, 0.05) is 20.6 Å². The normalized spacial score (nSPS) is 11.6. The minimum Gasteiger partial charge on any atom is -0.359 e. The molecule has 0 bridgehead atoms. The monoisotopic (exact) mass is 223 g/mol. The van der Waals surface area contributed by atoms with Crippen LogP contribution in [-0.2, 0) is 7.05 Å². The van der Waals surface area contributed by atoms with E-state index >= 15 is 0 Å². The highest BCUT2D eigenvalue weighted by Gasteiger charge is 2.20. The molecule has 1 heterocycles. The van der Waals surface area contributed by atoms with Gasteiger partial charge in [0.05, 0.1) is 11.3 Å². The van der Waals surface area contributed by atoms with Gasteiger partial charge >= 0.3 is 0 Å². The van der Waals surface area contributed by atoms with E-state index in [1.54, 1.807) is 4.68 Å². The van der Waals surface area contributed by atoms with Gasteiger partial charge in [-0.3, -0.25) is 9.48 Å². The summed E-state index contributed by atoms with van der Waals surface area (Å²) in [6.45, 7) is 9.26. The lowest BCUT2D eigenvalue weighted by molar-refractivity contribution is 0.112. The molecule has 0 N–H and O–H groups in total. The second kappa shape index (κ2) is 4.28. The van der Waals surface area contributed by atoms with Crippen molar-refractivity contribution in [3.05, 3.63) is 11.3 Å². The Hall–Kier alpha value is -1.32. The third-order valence-corrected chi connectivity index (χ3v) is 2.43. The highest BCUT2D eigenvalue weighted by molar-refractivity contribution is 5.84. The Kier molecular flexibility index (Phi) is 3.41.